The topological polar surface area (TPSA) is 0 Å². The summed E-state index contributed by atoms with van der Waals surface area (Å²) >= 11 is 0. The highest BCUT2D eigenvalue weighted by atomic mass is 14.7. The van der Waals surface area contributed by atoms with Gasteiger partial charge in [-0.2, -0.15) is 0 Å². The van der Waals surface area contributed by atoms with E-state index in [0.717, 1.165) is 29.6 Å². The zero-order valence-electron chi connectivity index (χ0n) is 9.80. The van der Waals surface area contributed by atoms with E-state index in [1.165, 1.54) is 6.42 Å². The van der Waals surface area contributed by atoms with Gasteiger partial charge in [0, 0.05) is 0 Å². The van der Waals surface area contributed by atoms with Gasteiger partial charge >= 0.3 is 0 Å². The molecule has 76 valence electrons. The molecule has 0 aromatic carbocycles. The molecule has 0 N–H and O–H groups in total. The Bertz CT molecular complexity index is 204. The van der Waals surface area contributed by atoms with Crippen LogP contribution in [0.1, 0.15) is 47.5 Å². The molecule has 0 nitrogen and oxygen atoms in total. The van der Waals surface area contributed by atoms with Crippen LogP contribution in [0.2, 0.25) is 0 Å². The molecule has 0 amide bonds. The molecule has 2 fully saturated rings. The molecule has 0 saturated heterocycles. The molecule has 2 aliphatic rings. The number of hydrogen-bond acceptors (Lipinski definition) is 0. The van der Waals surface area contributed by atoms with Gasteiger partial charge in [-0.1, -0.05) is 41.0 Å². The Hall–Kier alpha value is 0. The zero-order valence-corrected chi connectivity index (χ0v) is 9.80. The Morgan fingerprint density at radius 1 is 1.31 bits per heavy atom. The van der Waals surface area contributed by atoms with Crippen molar-refractivity contribution in [2.75, 3.05) is 0 Å². The summed E-state index contributed by atoms with van der Waals surface area (Å²) in [6.45, 7) is 12.2. The van der Waals surface area contributed by atoms with E-state index < -0.39 is 0 Å². The average Bonchev–Trinajstić information content (AvgIpc) is 2.79. The fourth-order valence-electron chi connectivity index (χ4n) is 3.48. The van der Waals surface area contributed by atoms with Crippen molar-refractivity contribution in [1.82, 2.24) is 0 Å². The van der Waals surface area contributed by atoms with Crippen molar-refractivity contribution in [3.63, 3.8) is 0 Å². The molecule has 2 rings (SSSR count). The van der Waals surface area contributed by atoms with E-state index >= 15 is 0 Å². The maximum absolute atomic E-state index is 2.49. The van der Waals surface area contributed by atoms with E-state index in [4.69, 9.17) is 0 Å². The van der Waals surface area contributed by atoms with Gasteiger partial charge in [0.1, 0.15) is 0 Å². The van der Waals surface area contributed by atoms with Crippen molar-refractivity contribution < 1.29 is 0 Å². The van der Waals surface area contributed by atoms with Gasteiger partial charge in [0.15, 0.2) is 0 Å². The van der Waals surface area contributed by atoms with Crippen LogP contribution >= 0.6 is 0 Å². The van der Waals surface area contributed by atoms with Crippen molar-refractivity contribution in [2.24, 2.45) is 35.0 Å². The molecule has 0 heteroatoms. The first kappa shape index (κ1) is 9.55. The van der Waals surface area contributed by atoms with Crippen molar-refractivity contribution in [2.45, 2.75) is 47.5 Å². The predicted molar refractivity (Wildman–Crippen MR) is 57.5 cm³/mol. The van der Waals surface area contributed by atoms with Crippen molar-refractivity contribution >= 4 is 0 Å². The van der Waals surface area contributed by atoms with Crippen LogP contribution in [-0.2, 0) is 0 Å². The van der Waals surface area contributed by atoms with E-state index in [1.807, 2.05) is 0 Å². The Morgan fingerprint density at radius 2 is 1.92 bits per heavy atom. The van der Waals surface area contributed by atoms with Gasteiger partial charge in [-0.3, -0.25) is 0 Å². The first-order valence-electron chi connectivity index (χ1n) is 5.99. The van der Waals surface area contributed by atoms with Crippen LogP contribution in [0.4, 0.5) is 0 Å². The second-order valence-electron chi connectivity index (χ2n) is 6.13. The summed E-state index contributed by atoms with van der Waals surface area (Å²) in [5.74, 6) is 5.29. The lowest BCUT2D eigenvalue weighted by molar-refractivity contribution is 0.0334. The largest absolute Gasteiger partial charge is 0.0649 e. The summed E-state index contributed by atoms with van der Waals surface area (Å²) in [4.78, 5) is 0. The van der Waals surface area contributed by atoms with Crippen LogP contribution in [-0.4, -0.2) is 0 Å². The van der Waals surface area contributed by atoms with Gasteiger partial charge in [-0.05, 0) is 41.4 Å². The lowest BCUT2D eigenvalue weighted by atomic mass is 9.60. The average molecular weight is 180 g/mol. The minimum atomic E-state index is 0.562. The fourth-order valence-corrected chi connectivity index (χ4v) is 3.48. The Kier molecular flexibility index (Phi) is 2.02. The SMILES string of the molecule is CCC(C)(C)C(C)C1C(C)C2CC21. The molecule has 5 unspecified atom stereocenters. The maximum atomic E-state index is 2.49. The Morgan fingerprint density at radius 3 is 2.31 bits per heavy atom. The molecule has 0 heterocycles. The molecular weight excluding hydrogens is 156 g/mol. The number of rotatable bonds is 3. The van der Waals surface area contributed by atoms with Gasteiger partial charge in [0.25, 0.3) is 0 Å². The van der Waals surface area contributed by atoms with E-state index in [1.54, 1.807) is 6.42 Å². The monoisotopic (exact) mass is 180 g/mol. The molecule has 0 spiro atoms. The highest BCUT2D eigenvalue weighted by molar-refractivity contribution is 5.09. The van der Waals surface area contributed by atoms with Gasteiger partial charge in [-0.15, -0.1) is 0 Å². The highest BCUT2D eigenvalue weighted by Crippen LogP contribution is 2.67. The standard InChI is InChI=1S/C13H24/c1-6-13(4,5)9(3)12-8(2)10-7-11(10)12/h8-12H,6-7H2,1-5H3. The molecule has 0 aliphatic heterocycles. The molecule has 2 saturated carbocycles. The van der Waals surface area contributed by atoms with E-state index in [2.05, 4.69) is 34.6 Å². The minimum Gasteiger partial charge on any atom is -0.0649 e. The van der Waals surface area contributed by atoms with Gasteiger partial charge in [-0.25, -0.2) is 0 Å². The van der Waals surface area contributed by atoms with Crippen LogP contribution in [0.25, 0.3) is 0 Å². The quantitative estimate of drug-likeness (QED) is 0.616. The van der Waals surface area contributed by atoms with Crippen molar-refractivity contribution in [3.8, 4) is 0 Å². The molecular formula is C13H24. The van der Waals surface area contributed by atoms with E-state index in [0.29, 0.717) is 5.41 Å². The van der Waals surface area contributed by atoms with Crippen LogP contribution < -0.4 is 0 Å². The Balaban J connectivity index is 2.01. The summed E-state index contributed by atoms with van der Waals surface area (Å²) < 4.78 is 0. The van der Waals surface area contributed by atoms with Crippen molar-refractivity contribution in [1.29, 1.82) is 0 Å². The lowest BCUT2D eigenvalue weighted by Crippen LogP contribution is -2.39. The van der Waals surface area contributed by atoms with Gasteiger partial charge in [0.2, 0.25) is 0 Å². The lowest BCUT2D eigenvalue weighted by Gasteiger charge is -2.45. The Labute approximate surface area is 83.1 Å². The van der Waals surface area contributed by atoms with Crippen LogP contribution in [0, 0.1) is 35.0 Å². The van der Waals surface area contributed by atoms with Crippen molar-refractivity contribution in [3.05, 3.63) is 0 Å². The number of fused-ring (bicyclic) bond motifs is 1. The maximum Gasteiger partial charge on any atom is -0.0324 e. The second-order valence-corrected chi connectivity index (χ2v) is 6.13. The summed E-state index contributed by atoms with van der Waals surface area (Å²) in [5, 5.41) is 0. The molecule has 2 aliphatic carbocycles. The minimum absolute atomic E-state index is 0.562. The van der Waals surface area contributed by atoms with Crippen LogP contribution in [0.15, 0.2) is 0 Å². The van der Waals surface area contributed by atoms with E-state index in [-0.39, 0.29) is 0 Å². The van der Waals surface area contributed by atoms with Crippen LogP contribution in [0.5, 0.6) is 0 Å². The van der Waals surface area contributed by atoms with E-state index in [9.17, 15) is 0 Å². The highest BCUT2D eigenvalue weighted by Gasteiger charge is 2.61. The zero-order chi connectivity index (χ0) is 9.80. The smallest absolute Gasteiger partial charge is 0.0324 e. The normalized spacial score (nSPS) is 45.0. The fraction of sp³-hybridized carbons (Fsp3) is 1.00. The van der Waals surface area contributed by atoms with Gasteiger partial charge in [0.05, 0.1) is 0 Å². The molecule has 5 atom stereocenters. The number of hydrogen-bond donors (Lipinski definition) is 0. The molecule has 13 heavy (non-hydrogen) atoms. The van der Waals surface area contributed by atoms with Gasteiger partial charge < -0.3 is 0 Å². The third-order valence-corrected chi connectivity index (χ3v) is 5.39. The predicted octanol–water partition coefficient (Wildman–Crippen LogP) is 3.96. The molecule has 0 aromatic rings. The summed E-state index contributed by atoms with van der Waals surface area (Å²) in [6.07, 6.45) is 2.88. The van der Waals surface area contributed by atoms with Crippen LogP contribution in [0.3, 0.4) is 0 Å². The summed E-state index contributed by atoms with van der Waals surface area (Å²) in [5.41, 5.74) is 0.562. The molecule has 0 aromatic heterocycles. The first-order valence-corrected chi connectivity index (χ1v) is 5.99. The first-order chi connectivity index (χ1) is 5.99. The second kappa shape index (κ2) is 2.74. The molecule has 0 radical (unpaired) electrons. The third-order valence-electron chi connectivity index (χ3n) is 5.39. The molecule has 0 bridgehead atoms. The summed E-state index contributed by atoms with van der Waals surface area (Å²) in [6, 6.07) is 0. The third kappa shape index (κ3) is 1.25. The summed E-state index contributed by atoms with van der Waals surface area (Å²) in [7, 11) is 0.